The molecule has 0 heterocycles. The molecule has 0 rings (SSSR count). The maximum Gasteiger partial charge on any atom is 2.00 e. The summed E-state index contributed by atoms with van der Waals surface area (Å²) < 4.78 is 0. The molecule has 0 radical (unpaired) electrons. The molecule has 0 unspecified atom stereocenters. The van der Waals surface area contributed by atoms with Gasteiger partial charge in [0.25, 0.3) is 0 Å². The van der Waals surface area contributed by atoms with Crippen LogP contribution in [0.5, 0.6) is 0 Å². The van der Waals surface area contributed by atoms with Crippen LogP contribution in [0.2, 0.25) is 13.1 Å². The molecular weight excluding hydrogens is 315 g/mol. The largest absolute Gasteiger partial charge is 2.00 e. The Labute approximate surface area is 126 Å². The first-order valence-corrected chi connectivity index (χ1v) is 4.79. The predicted molar refractivity (Wildman–Crippen MR) is 59.3 cm³/mol. The minimum Gasteiger partial charge on any atom is -0.412 e. The van der Waals surface area contributed by atoms with Gasteiger partial charge in [-0.3, -0.25) is 0 Å². The van der Waals surface area contributed by atoms with E-state index in [1.807, 2.05) is 0 Å². The first-order chi connectivity index (χ1) is 3.00. The van der Waals surface area contributed by atoms with Crippen LogP contribution < -0.4 is 0 Å². The van der Waals surface area contributed by atoms with Crippen molar-refractivity contribution in [3.05, 3.63) is 29.7 Å². The molecule has 0 saturated heterocycles. The van der Waals surface area contributed by atoms with Crippen molar-refractivity contribution in [2.75, 3.05) is 7.11 Å². The molecular formula is C7H26O4SiTiZr. The first kappa shape index (κ1) is 75.9. The van der Waals surface area contributed by atoms with Gasteiger partial charge < -0.3 is 49.9 Å². The molecule has 0 fully saturated rings. The molecule has 90 valence electrons. The summed E-state index contributed by atoms with van der Waals surface area (Å²) in [6.45, 7) is 2.88. The van der Waals surface area contributed by atoms with Crippen LogP contribution >= 0.6 is 0 Å². The summed E-state index contributed by atoms with van der Waals surface area (Å²) in [5.74, 6) is 0. The first-order valence-electron chi connectivity index (χ1n) is 1.89. The van der Waals surface area contributed by atoms with Crippen LogP contribution in [0.4, 0.5) is 0 Å². The van der Waals surface area contributed by atoms with Crippen molar-refractivity contribution in [2.45, 2.75) is 13.1 Å². The Bertz CT molecular complexity index is 41.2. The van der Waals surface area contributed by atoms with Crippen LogP contribution in [0.15, 0.2) is 0 Å². The van der Waals surface area contributed by atoms with E-state index >= 15 is 0 Å². The molecule has 0 spiro atoms. The predicted octanol–water partition coefficient (Wildman–Crippen LogP) is 0.253. The van der Waals surface area contributed by atoms with Gasteiger partial charge in [-0.1, -0.05) is 0 Å². The van der Waals surface area contributed by atoms with Crippen molar-refractivity contribution in [1.82, 2.24) is 0 Å². The molecule has 0 atom stereocenters. The molecule has 5 N–H and O–H groups in total. The fraction of sp³-hybridized carbons (Fsp3) is 0.429. The SMILES string of the molecule is CO.C[Si](C)(O)O.O.[CH3-].[CH3-].[CH3-].[CH3-].[Ti+2].[Zr+2]. The van der Waals surface area contributed by atoms with Crippen LogP contribution in [0.1, 0.15) is 0 Å². The summed E-state index contributed by atoms with van der Waals surface area (Å²) in [5, 5.41) is 7.00. The Morgan fingerprint density at radius 1 is 0.786 bits per heavy atom. The molecule has 0 aliphatic carbocycles. The van der Waals surface area contributed by atoms with E-state index in [2.05, 4.69) is 0 Å². The zero-order chi connectivity index (χ0) is 6.50. The van der Waals surface area contributed by atoms with Gasteiger partial charge in [-0.2, -0.15) is 0 Å². The third kappa shape index (κ3) is 799. The molecule has 4 nitrogen and oxygen atoms in total. The summed E-state index contributed by atoms with van der Waals surface area (Å²) in [6.07, 6.45) is 0. The van der Waals surface area contributed by atoms with E-state index in [1.165, 1.54) is 13.1 Å². The molecule has 0 aliphatic heterocycles. The number of aliphatic hydroxyl groups is 1. The quantitative estimate of drug-likeness (QED) is 0.436. The third-order valence-corrected chi connectivity index (χ3v) is 0. The topological polar surface area (TPSA) is 92.2 Å². The fourth-order valence-corrected chi connectivity index (χ4v) is 0. The van der Waals surface area contributed by atoms with E-state index in [1.54, 1.807) is 0 Å². The van der Waals surface area contributed by atoms with Crippen molar-refractivity contribution < 1.29 is 68.1 Å². The van der Waals surface area contributed by atoms with Gasteiger partial charge in [-0.15, -0.1) is 0 Å². The molecule has 0 aromatic rings. The fourth-order valence-electron chi connectivity index (χ4n) is 0. The maximum atomic E-state index is 8.22. The Balaban J connectivity index is -0.00000000377. The summed E-state index contributed by atoms with van der Waals surface area (Å²) in [5.41, 5.74) is 0. The normalized spacial score (nSPS) is 4.71. The Kier molecular flexibility index (Phi) is 253. The van der Waals surface area contributed by atoms with E-state index in [9.17, 15) is 0 Å². The molecule has 0 aromatic heterocycles. The Morgan fingerprint density at radius 3 is 0.786 bits per heavy atom. The van der Waals surface area contributed by atoms with Gasteiger partial charge in [0.05, 0.1) is 0 Å². The second-order valence-corrected chi connectivity index (χ2v) is 4.48. The molecule has 0 bridgehead atoms. The van der Waals surface area contributed by atoms with Gasteiger partial charge >= 0.3 is 56.5 Å². The minimum atomic E-state index is -2.61. The van der Waals surface area contributed by atoms with Gasteiger partial charge in [-0.25, -0.2) is 0 Å². The van der Waals surface area contributed by atoms with Gasteiger partial charge in [0.2, 0.25) is 0 Å². The minimum absolute atomic E-state index is 0. The zero-order valence-electron chi connectivity index (χ0n) is 10.3. The molecule has 0 amide bonds. The second kappa shape index (κ2) is 46.6. The Morgan fingerprint density at radius 2 is 0.786 bits per heavy atom. The van der Waals surface area contributed by atoms with Gasteiger partial charge in [0, 0.05) is 7.11 Å². The number of aliphatic hydroxyl groups excluding tert-OH is 1. The molecule has 14 heavy (non-hydrogen) atoms. The monoisotopic (exact) mass is 340 g/mol. The van der Waals surface area contributed by atoms with Crippen molar-refractivity contribution in [2.24, 2.45) is 0 Å². The molecule has 0 saturated carbocycles. The standard InChI is InChI=1S/C2H8O2Si.CH4O.4CH3.H2O.Ti.Zr/c1-5(2,3)4;1-2;;;;;;;/h3-4H,1-2H3;2H,1H3;4*1H3;1H2;;/q;;4*-1;;2*+2. The van der Waals surface area contributed by atoms with Crippen LogP contribution in [-0.2, 0) is 47.9 Å². The second-order valence-electron chi connectivity index (χ2n) is 1.49. The number of rotatable bonds is 0. The van der Waals surface area contributed by atoms with Crippen LogP contribution in [0.3, 0.4) is 0 Å². The van der Waals surface area contributed by atoms with E-state index in [4.69, 9.17) is 14.7 Å². The molecule has 7 heteroatoms. The van der Waals surface area contributed by atoms with E-state index in [0.29, 0.717) is 0 Å². The molecule has 0 aliphatic rings. The number of hydrogen-bond donors (Lipinski definition) is 3. The van der Waals surface area contributed by atoms with Crippen molar-refractivity contribution in [3.63, 3.8) is 0 Å². The van der Waals surface area contributed by atoms with Gasteiger partial charge in [0.15, 0.2) is 0 Å². The van der Waals surface area contributed by atoms with Crippen LogP contribution in [0.25, 0.3) is 0 Å². The summed E-state index contributed by atoms with van der Waals surface area (Å²) in [6, 6.07) is 0. The maximum absolute atomic E-state index is 8.22. The smallest absolute Gasteiger partial charge is 0.412 e. The van der Waals surface area contributed by atoms with E-state index in [-0.39, 0.29) is 83.1 Å². The van der Waals surface area contributed by atoms with Gasteiger partial charge in [0.1, 0.15) is 0 Å². The van der Waals surface area contributed by atoms with Gasteiger partial charge in [-0.05, 0) is 13.1 Å². The van der Waals surface area contributed by atoms with Crippen molar-refractivity contribution >= 4 is 8.56 Å². The average Bonchev–Trinajstić information content (AvgIpc) is 1.36. The zero-order valence-corrected chi connectivity index (χ0v) is 15.4. The summed E-state index contributed by atoms with van der Waals surface area (Å²) in [7, 11) is -1.61. The van der Waals surface area contributed by atoms with E-state index < -0.39 is 8.56 Å². The van der Waals surface area contributed by atoms with Crippen molar-refractivity contribution in [1.29, 1.82) is 0 Å². The van der Waals surface area contributed by atoms with Crippen LogP contribution in [-0.4, -0.2) is 35.8 Å². The van der Waals surface area contributed by atoms with Crippen LogP contribution in [0, 0.1) is 29.7 Å². The summed E-state index contributed by atoms with van der Waals surface area (Å²) >= 11 is 0. The summed E-state index contributed by atoms with van der Waals surface area (Å²) in [4.78, 5) is 16.4. The molecule has 0 aromatic carbocycles. The van der Waals surface area contributed by atoms with Crippen molar-refractivity contribution in [3.8, 4) is 0 Å². The average molecular weight is 341 g/mol. The number of hydrogen-bond acceptors (Lipinski definition) is 3. The van der Waals surface area contributed by atoms with E-state index in [0.717, 1.165) is 7.11 Å². The third-order valence-electron chi connectivity index (χ3n) is 0. The Hall–Kier alpha value is 1.65.